The first kappa shape index (κ1) is 18.2. The van der Waals surface area contributed by atoms with Crippen molar-refractivity contribution in [3.8, 4) is 0 Å². The molecule has 1 aliphatic rings. The highest BCUT2D eigenvalue weighted by atomic mass is 16.5. The van der Waals surface area contributed by atoms with E-state index in [-0.39, 0.29) is 5.97 Å². The van der Waals surface area contributed by atoms with Gasteiger partial charge in [0.15, 0.2) is 0 Å². The molecule has 0 saturated heterocycles. The summed E-state index contributed by atoms with van der Waals surface area (Å²) < 4.78 is 4.27. The van der Waals surface area contributed by atoms with Crippen molar-refractivity contribution in [1.82, 2.24) is 0 Å². The van der Waals surface area contributed by atoms with Gasteiger partial charge in [-0.25, -0.2) is 4.79 Å². The zero-order valence-electron chi connectivity index (χ0n) is 13.3. The Morgan fingerprint density at radius 3 is 2.35 bits per heavy atom. The van der Waals surface area contributed by atoms with E-state index in [1.165, 1.54) is 24.7 Å². The quantitative estimate of drug-likeness (QED) is 0.534. The average Bonchev–Trinajstić information content (AvgIpc) is 2.49. The van der Waals surface area contributed by atoms with Crippen molar-refractivity contribution in [3.63, 3.8) is 0 Å². The lowest BCUT2D eigenvalue weighted by atomic mass is 9.89. The smallest absolute Gasteiger partial charge is 0.332 e. The number of hydrogen-bond acceptors (Lipinski definition) is 2. The molecule has 0 N–H and O–H groups in total. The minimum absolute atomic E-state index is 0.347. The Morgan fingerprint density at radius 1 is 1.30 bits per heavy atom. The molecule has 0 radical (unpaired) electrons. The highest BCUT2D eigenvalue weighted by Crippen LogP contribution is 2.28. The average molecular weight is 274 g/mol. The summed E-state index contributed by atoms with van der Waals surface area (Å²) in [4.78, 5) is 10.2. The zero-order chi connectivity index (χ0) is 15.5. The van der Waals surface area contributed by atoms with Crippen LogP contribution in [0.3, 0.4) is 0 Å². The van der Waals surface area contributed by atoms with E-state index in [9.17, 15) is 4.79 Å². The van der Waals surface area contributed by atoms with Crippen LogP contribution in [0, 0.1) is 0 Å². The van der Waals surface area contributed by atoms with E-state index in [0.29, 0.717) is 11.5 Å². The first-order chi connectivity index (χ1) is 9.56. The summed E-state index contributed by atoms with van der Waals surface area (Å²) in [5, 5.41) is 0. The summed E-state index contributed by atoms with van der Waals surface area (Å²) in [5.41, 5.74) is 3.32. The summed E-state index contributed by atoms with van der Waals surface area (Å²) >= 11 is 0. The topological polar surface area (TPSA) is 26.3 Å². The molecular formula is C18H26O2. The molecule has 0 aromatic heterocycles. The van der Waals surface area contributed by atoms with Crippen LogP contribution >= 0.6 is 0 Å². The monoisotopic (exact) mass is 274 g/mol. The number of esters is 1. The molecule has 2 heteroatoms. The summed E-state index contributed by atoms with van der Waals surface area (Å²) in [5.74, 6) is 0.358. The van der Waals surface area contributed by atoms with Crippen molar-refractivity contribution in [2.75, 3.05) is 7.11 Å². The molecule has 2 rings (SSSR count). The number of methoxy groups -OCH3 is 1. The van der Waals surface area contributed by atoms with Crippen molar-refractivity contribution < 1.29 is 9.53 Å². The van der Waals surface area contributed by atoms with Crippen molar-refractivity contribution in [3.05, 3.63) is 53.6 Å². The van der Waals surface area contributed by atoms with Gasteiger partial charge in [0.25, 0.3) is 0 Å². The van der Waals surface area contributed by atoms with Crippen LogP contribution in [0.25, 0.3) is 6.08 Å². The number of hydrogen-bond donors (Lipinski definition) is 0. The van der Waals surface area contributed by atoms with Crippen LogP contribution in [0.4, 0.5) is 0 Å². The van der Waals surface area contributed by atoms with E-state index in [0.717, 1.165) is 0 Å². The van der Waals surface area contributed by atoms with Crippen molar-refractivity contribution in [1.29, 1.82) is 0 Å². The molecule has 20 heavy (non-hydrogen) atoms. The summed E-state index contributed by atoms with van der Waals surface area (Å²) in [7, 11) is 1.33. The minimum Gasteiger partial charge on any atom is -0.466 e. The SMILES string of the molecule is C=C(C)C(=O)OC.CC.CC1CC=Cc2ccccc21. The van der Waals surface area contributed by atoms with E-state index in [1.807, 2.05) is 13.8 Å². The Bertz CT molecular complexity index is 458. The number of ether oxygens (including phenoxy) is 1. The Hall–Kier alpha value is -1.83. The van der Waals surface area contributed by atoms with Gasteiger partial charge in [0.2, 0.25) is 0 Å². The van der Waals surface area contributed by atoms with Gasteiger partial charge < -0.3 is 4.74 Å². The molecule has 0 bridgehead atoms. The highest BCUT2D eigenvalue weighted by molar-refractivity contribution is 5.86. The Balaban J connectivity index is 0.000000352. The lowest BCUT2D eigenvalue weighted by Crippen LogP contribution is -1.98. The predicted molar refractivity (Wildman–Crippen MR) is 86.7 cm³/mol. The summed E-state index contributed by atoms with van der Waals surface area (Å²) in [6.45, 7) is 11.2. The largest absolute Gasteiger partial charge is 0.466 e. The molecule has 0 saturated carbocycles. The van der Waals surface area contributed by atoms with Crippen LogP contribution in [0.5, 0.6) is 0 Å². The van der Waals surface area contributed by atoms with Crippen LogP contribution in [-0.4, -0.2) is 13.1 Å². The molecular weight excluding hydrogens is 248 g/mol. The summed E-state index contributed by atoms with van der Waals surface area (Å²) in [6, 6.07) is 8.63. The van der Waals surface area contributed by atoms with Gasteiger partial charge in [-0.05, 0) is 30.4 Å². The van der Waals surface area contributed by atoms with Gasteiger partial charge >= 0.3 is 5.97 Å². The normalized spacial score (nSPS) is 14.8. The first-order valence-corrected chi connectivity index (χ1v) is 7.05. The van der Waals surface area contributed by atoms with Crippen molar-refractivity contribution >= 4 is 12.0 Å². The van der Waals surface area contributed by atoms with Gasteiger partial charge in [0.05, 0.1) is 7.11 Å². The van der Waals surface area contributed by atoms with Gasteiger partial charge in [-0.2, -0.15) is 0 Å². The standard InChI is InChI=1S/C11H12.C5H8O2.C2H6/c1-9-5-4-7-10-6-2-3-8-11(9)10;1-4(2)5(6)7-3;1-2/h2-4,6-9H,5H2,1H3;1H2,2-3H3;1-2H3. The summed E-state index contributed by atoms with van der Waals surface area (Å²) in [6.07, 6.45) is 5.67. The lowest BCUT2D eigenvalue weighted by Gasteiger charge is -2.16. The third kappa shape index (κ3) is 5.87. The van der Waals surface area contributed by atoms with Gasteiger partial charge in [-0.1, -0.05) is 63.8 Å². The second-order valence-electron chi connectivity index (χ2n) is 4.44. The predicted octanol–water partition coefficient (Wildman–Crippen LogP) is 4.97. The molecule has 1 aromatic rings. The second-order valence-corrected chi connectivity index (χ2v) is 4.44. The van der Waals surface area contributed by atoms with Crippen LogP contribution in [0.15, 0.2) is 42.5 Å². The fraction of sp³-hybridized carbons (Fsp3) is 0.389. The van der Waals surface area contributed by atoms with E-state index in [2.05, 4.69) is 54.7 Å². The Labute approximate surface area is 123 Å². The van der Waals surface area contributed by atoms with Gasteiger partial charge in [-0.3, -0.25) is 0 Å². The number of carbonyl (C=O) groups excluding carboxylic acids is 1. The van der Waals surface area contributed by atoms with E-state index < -0.39 is 0 Å². The third-order valence-corrected chi connectivity index (χ3v) is 2.85. The molecule has 1 aromatic carbocycles. The molecule has 0 amide bonds. The van der Waals surface area contributed by atoms with Crippen LogP contribution in [0.1, 0.15) is 51.2 Å². The lowest BCUT2D eigenvalue weighted by molar-refractivity contribution is -0.136. The third-order valence-electron chi connectivity index (χ3n) is 2.85. The molecule has 2 nitrogen and oxygen atoms in total. The first-order valence-electron chi connectivity index (χ1n) is 7.05. The molecule has 0 heterocycles. The Kier molecular flexibility index (Phi) is 9.10. The number of fused-ring (bicyclic) bond motifs is 1. The minimum atomic E-state index is -0.347. The van der Waals surface area contributed by atoms with E-state index in [4.69, 9.17) is 0 Å². The van der Waals surface area contributed by atoms with Crippen LogP contribution < -0.4 is 0 Å². The molecule has 1 aliphatic carbocycles. The highest BCUT2D eigenvalue weighted by Gasteiger charge is 2.09. The van der Waals surface area contributed by atoms with E-state index >= 15 is 0 Å². The molecule has 0 aliphatic heterocycles. The van der Waals surface area contributed by atoms with Crippen molar-refractivity contribution in [2.24, 2.45) is 0 Å². The molecule has 0 fully saturated rings. The maximum absolute atomic E-state index is 10.2. The van der Waals surface area contributed by atoms with Gasteiger partial charge in [0.1, 0.15) is 0 Å². The zero-order valence-corrected chi connectivity index (χ0v) is 13.3. The molecule has 1 atom stereocenters. The fourth-order valence-corrected chi connectivity index (χ4v) is 1.81. The number of carbonyl (C=O) groups is 1. The fourth-order valence-electron chi connectivity index (χ4n) is 1.81. The maximum Gasteiger partial charge on any atom is 0.332 e. The number of rotatable bonds is 1. The maximum atomic E-state index is 10.2. The van der Waals surface area contributed by atoms with Crippen molar-refractivity contribution in [2.45, 2.75) is 40.0 Å². The van der Waals surface area contributed by atoms with Gasteiger partial charge in [-0.15, -0.1) is 0 Å². The molecule has 0 spiro atoms. The second kappa shape index (κ2) is 10.0. The Morgan fingerprint density at radius 2 is 1.90 bits per heavy atom. The molecule has 110 valence electrons. The van der Waals surface area contributed by atoms with E-state index in [1.54, 1.807) is 6.92 Å². The number of allylic oxidation sites excluding steroid dienone is 1. The van der Waals surface area contributed by atoms with Gasteiger partial charge in [0, 0.05) is 5.57 Å². The molecule has 1 unspecified atom stereocenters. The number of benzene rings is 1. The van der Waals surface area contributed by atoms with Crippen LogP contribution in [0.2, 0.25) is 0 Å². The van der Waals surface area contributed by atoms with Crippen LogP contribution in [-0.2, 0) is 9.53 Å².